The predicted molar refractivity (Wildman–Crippen MR) is 133 cm³/mol. The zero-order valence-corrected chi connectivity index (χ0v) is 20.2. The Morgan fingerprint density at radius 1 is 1.23 bits per heavy atom. The fourth-order valence-corrected chi connectivity index (χ4v) is 4.67. The number of amides is 3. The number of anilines is 2. The second kappa shape index (κ2) is 10.9. The van der Waals surface area contributed by atoms with E-state index in [0.717, 1.165) is 16.9 Å². The predicted octanol–water partition coefficient (Wildman–Crippen LogP) is 2.44. The number of benzene rings is 1. The van der Waals surface area contributed by atoms with E-state index >= 15 is 0 Å². The Morgan fingerprint density at radius 3 is 2.66 bits per heavy atom. The van der Waals surface area contributed by atoms with E-state index < -0.39 is 12.1 Å². The van der Waals surface area contributed by atoms with Crippen LogP contribution in [-0.2, 0) is 11.2 Å². The van der Waals surface area contributed by atoms with Crippen LogP contribution in [0.2, 0.25) is 0 Å². The number of carboxylic acid groups (broad SMARTS) is 1. The summed E-state index contributed by atoms with van der Waals surface area (Å²) in [5.41, 5.74) is 9.00. The maximum absolute atomic E-state index is 12.0. The van der Waals surface area contributed by atoms with Gasteiger partial charge < -0.3 is 31.1 Å². The summed E-state index contributed by atoms with van der Waals surface area (Å²) < 4.78 is 5.64. The maximum atomic E-state index is 12.0. The number of carbonyl (C=O) groups excluding carboxylic acids is 1. The van der Waals surface area contributed by atoms with Gasteiger partial charge in [0.15, 0.2) is 5.82 Å². The smallest absolute Gasteiger partial charge is 0.407 e. The third-order valence-electron chi connectivity index (χ3n) is 6.38. The monoisotopic (exact) mass is 483 g/mol. The van der Waals surface area contributed by atoms with Crippen molar-refractivity contribution in [1.82, 2.24) is 20.2 Å². The van der Waals surface area contributed by atoms with Gasteiger partial charge in [0.25, 0.3) is 0 Å². The summed E-state index contributed by atoms with van der Waals surface area (Å²) in [7, 11) is 0. The number of urea groups is 1. The molecule has 0 saturated carbocycles. The molecule has 0 aliphatic carbocycles. The first-order chi connectivity index (χ1) is 16.9. The van der Waals surface area contributed by atoms with Crippen LogP contribution < -0.4 is 21.3 Å². The van der Waals surface area contributed by atoms with Gasteiger partial charge in [-0.3, -0.25) is 4.90 Å². The Kier molecular flexibility index (Phi) is 7.67. The highest BCUT2D eigenvalue weighted by Crippen LogP contribution is 2.37. The molecule has 5 N–H and O–H groups in total. The van der Waals surface area contributed by atoms with Gasteiger partial charge in [-0.05, 0) is 57.5 Å². The van der Waals surface area contributed by atoms with Gasteiger partial charge >= 0.3 is 12.1 Å². The lowest BCUT2D eigenvalue weighted by atomic mass is 9.95. The van der Waals surface area contributed by atoms with Crippen LogP contribution in [-0.4, -0.2) is 77.5 Å². The molecule has 2 aliphatic heterocycles. The van der Waals surface area contributed by atoms with E-state index in [1.165, 1.54) is 4.90 Å². The summed E-state index contributed by atoms with van der Waals surface area (Å²) in [6.45, 7) is 7.11. The SMILES string of the molecule is CCNC(=O)Nc1ccc(-c2nc3c(c(N4CCOC[C@@H]4C)n2)CCN(C(=O)O)C3CCN)cc1. The number of nitrogens with zero attached hydrogens (tertiary/aromatic N) is 4. The molecule has 3 heterocycles. The molecular weight excluding hydrogens is 450 g/mol. The molecule has 1 aromatic heterocycles. The van der Waals surface area contributed by atoms with E-state index in [2.05, 4.69) is 22.5 Å². The van der Waals surface area contributed by atoms with Gasteiger partial charge in [-0.2, -0.15) is 0 Å². The molecule has 2 aromatic rings. The van der Waals surface area contributed by atoms with Crippen LogP contribution >= 0.6 is 0 Å². The van der Waals surface area contributed by atoms with Crippen molar-refractivity contribution in [3.8, 4) is 11.4 Å². The molecule has 188 valence electrons. The van der Waals surface area contributed by atoms with E-state index in [-0.39, 0.29) is 12.1 Å². The standard InChI is InChI=1S/C24H33N7O4/c1-3-26-23(32)27-17-6-4-16(5-7-17)21-28-20-18(9-11-31(24(33)34)19(20)8-10-25)22(29-21)30-12-13-35-14-15(30)2/h4-7,15,19H,3,8-14,25H2,1-2H3,(H,33,34)(H2,26,27,32)/t15-,19?/m0/s1. The number of nitrogens with two attached hydrogens (primary N) is 1. The largest absolute Gasteiger partial charge is 0.465 e. The minimum absolute atomic E-state index is 0.129. The molecule has 11 heteroatoms. The third-order valence-corrected chi connectivity index (χ3v) is 6.38. The zero-order chi connectivity index (χ0) is 24.9. The fourth-order valence-electron chi connectivity index (χ4n) is 4.67. The Bertz CT molecular complexity index is 1060. The second-order valence-corrected chi connectivity index (χ2v) is 8.73. The molecule has 1 fully saturated rings. The summed E-state index contributed by atoms with van der Waals surface area (Å²) in [6, 6.07) is 6.72. The first-order valence-corrected chi connectivity index (χ1v) is 12.0. The van der Waals surface area contributed by atoms with Crippen molar-refractivity contribution in [1.29, 1.82) is 0 Å². The molecule has 0 radical (unpaired) electrons. The van der Waals surface area contributed by atoms with E-state index in [9.17, 15) is 14.7 Å². The molecule has 4 rings (SSSR count). The molecular formula is C24H33N7O4. The fraction of sp³-hybridized carbons (Fsp3) is 0.500. The van der Waals surface area contributed by atoms with E-state index in [1.807, 2.05) is 19.1 Å². The molecule has 11 nitrogen and oxygen atoms in total. The number of rotatable bonds is 6. The van der Waals surface area contributed by atoms with E-state index in [1.54, 1.807) is 12.1 Å². The average molecular weight is 484 g/mol. The van der Waals surface area contributed by atoms with Crippen LogP contribution in [0.4, 0.5) is 21.1 Å². The number of morpholine rings is 1. The summed E-state index contributed by atoms with van der Waals surface area (Å²) >= 11 is 0. The van der Waals surface area contributed by atoms with Gasteiger partial charge in [0.1, 0.15) is 5.82 Å². The minimum atomic E-state index is -0.976. The van der Waals surface area contributed by atoms with Crippen molar-refractivity contribution < 1.29 is 19.4 Å². The molecule has 0 bridgehead atoms. The number of aromatic nitrogens is 2. The number of nitrogens with one attached hydrogen (secondary N) is 2. The first-order valence-electron chi connectivity index (χ1n) is 12.0. The van der Waals surface area contributed by atoms with Crippen molar-refractivity contribution in [2.75, 3.05) is 49.6 Å². The molecule has 1 aromatic carbocycles. The average Bonchev–Trinajstić information content (AvgIpc) is 2.84. The normalized spacial score (nSPS) is 19.7. The highest BCUT2D eigenvalue weighted by molar-refractivity contribution is 5.89. The molecule has 3 amide bonds. The molecule has 2 atom stereocenters. The van der Waals surface area contributed by atoms with Crippen LogP contribution in [0.1, 0.15) is 37.6 Å². The number of hydrogen-bond donors (Lipinski definition) is 4. The van der Waals surface area contributed by atoms with Gasteiger partial charge in [0.2, 0.25) is 0 Å². The summed E-state index contributed by atoms with van der Waals surface area (Å²) in [5.74, 6) is 1.34. The third kappa shape index (κ3) is 5.30. The molecule has 35 heavy (non-hydrogen) atoms. The highest BCUT2D eigenvalue weighted by atomic mass is 16.5. The minimum Gasteiger partial charge on any atom is -0.465 e. The van der Waals surface area contributed by atoms with E-state index in [4.69, 9.17) is 20.4 Å². The zero-order valence-electron chi connectivity index (χ0n) is 20.2. The lowest BCUT2D eigenvalue weighted by Crippen LogP contribution is -2.46. The molecule has 2 aliphatic rings. The van der Waals surface area contributed by atoms with Gasteiger partial charge in [0, 0.05) is 36.4 Å². The number of hydrogen-bond acceptors (Lipinski definition) is 7. The van der Waals surface area contributed by atoms with Crippen molar-refractivity contribution in [3.63, 3.8) is 0 Å². The number of carbonyl (C=O) groups is 2. The van der Waals surface area contributed by atoms with Crippen LogP contribution in [0.5, 0.6) is 0 Å². The second-order valence-electron chi connectivity index (χ2n) is 8.73. The Balaban J connectivity index is 1.77. The molecule has 1 unspecified atom stereocenters. The van der Waals surface area contributed by atoms with Crippen molar-refractivity contribution in [3.05, 3.63) is 35.5 Å². The lowest BCUT2D eigenvalue weighted by Gasteiger charge is -2.40. The summed E-state index contributed by atoms with van der Waals surface area (Å²) in [6.07, 6.45) is 0.0393. The Hall–Kier alpha value is -3.44. The number of ether oxygens (including phenoxy) is 1. The summed E-state index contributed by atoms with van der Waals surface area (Å²) in [5, 5.41) is 15.3. The number of fused-ring (bicyclic) bond motifs is 1. The van der Waals surface area contributed by atoms with Crippen LogP contribution in [0, 0.1) is 0 Å². The van der Waals surface area contributed by atoms with Crippen molar-refractivity contribution >= 4 is 23.6 Å². The van der Waals surface area contributed by atoms with Crippen LogP contribution in [0.25, 0.3) is 11.4 Å². The first kappa shape index (κ1) is 24.7. The Morgan fingerprint density at radius 2 is 2.00 bits per heavy atom. The van der Waals surface area contributed by atoms with Crippen LogP contribution in [0.3, 0.4) is 0 Å². The van der Waals surface area contributed by atoms with Gasteiger partial charge in [-0.25, -0.2) is 19.6 Å². The topological polar surface area (TPSA) is 146 Å². The lowest BCUT2D eigenvalue weighted by molar-refractivity contribution is 0.0980. The van der Waals surface area contributed by atoms with Gasteiger partial charge in [-0.1, -0.05) is 0 Å². The van der Waals surface area contributed by atoms with E-state index in [0.29, 0.717) is 69.4 Å². The Labute approximate surface area is 204 Å². The maximum Gasteiger partial charge on any atom is 0.407 e. The van der Waals surface area contributed by atoms with Gasteiger partial charge in [0.05, 0.1) is 31.0 Å². The quantitative estimate of drug-likeness (QED) is 0.490. The molecule has 1 saturated heterocycles. The highest BCUT2D eigenvalue weighted by Gasteiger charge is 2.36. The van der Waals surface area contributed by atoms with Crippen molar-refractivity contribution in [2.45, 2.75) is 38.8 Å². The summed E-state index contributed by atoms with van der Waals surface area (Å²) in [4.78, 5) is 37.4. The van der Waals surface area contributed by atoms with Gasteiger partial charge in [-0.15, -0.1) is 0 Å². The van der Waals surface area contributed by atoms with Crippen LogP contribution in [0.15, 0.2) is 24.3 Å². The molecule has 0 spiro atoms. The van der Waals surface area contributed by atoms with Crippen molar-refractivity contribution in [2.24, 2.45) is 5.73 Å².